The average Bonchev–Trinajstić information content (AvgIpc) is 2.78. The normalized spacial score (nSPS) is 29.7. The van der Waals surface area contributed by atoms with Gasteiger partial charge >= 0.3 is 0 Å². The minimum atomic E-state index is -2.77. The lowest BCUT2D eigenvalue weighted by Gasteiger charge is -2.33. The smallest absolute Gasteiger partial charge is 0.153 e. The van der Waals surface area contributed by atoms with Gasteiger partial charge in [0.05, 0.1) is 11.5 Å². The molecular weight excluding hydrogens is 248 g/mol. The molecule has 2 rings (SSSR count). The van der Waals surface area contributed by atoms with Crippen LogP contribution in [-0.4, -0.2) is 56.5 Å². The first-order valence-electron chi connectivity index (χ1n) is 7.25. The summed E-state index contributed by atoms with van der Waals surface area (Å²) in [5, 5.41) is 3.61. The molecule has 106 valence electrons. The highest BCUT2D eigenvalue weighted by atomic mass is 32.2. The van der Waals surface area contributed by atoms with Gasteiger partial charge in [0.2, 0.25) is 0 Å². The van der Waals surface area contributed by atoms with Crippen molar-refractivity contribution in [1.29, 1.82) is 0 Å². The third kappa shape index (κ3) is 4.21. The summed E-state index contributed by atoms with van der Waals surface area (Å²) in [6.45, 7) is 4.84. The Morgan fingerprint density at radius 3 is 2.67 bits per heavy atom. The maximum atomic E-state index is 11.5. The van der Waals surface area contributed by atoms with Crippen molar-refractivity contribution in [3.05, 3.63) is 0 Å². The summed E-state index contributed by atoms with van der Waals surface area (Å²) in [6.07, 6.45) is 6.54. The van der Waals surface area contributed by atoms with E-state index in [0.29, 0.717) is 18.1 Å². The van der Waals surface area contributed by atoms with Crippen LogP contribution in [0.3, 0.4) is 0 Å². The maximum absolute atomic E-state index is 11.5. The predicted molar refractivity (Wildman–Crippen MR) is 74.6 cm³/mol. The average molecular weight is 274 g/mol. The first kappa shape index (κ1) is 14.3. The van der Waals surface area contributed by atoms with Crippen LogP contribution in [0.25, 0.3) is 0 Å². The van der Waals surface area contributed by atoms with E-state index in [-0.39, 0.29) is 6.04 Å². The zero-order valence-electron chi connectivity index (χ0n) is 11.4. The van der Waals surface area contributed by atoms with Gasteiger partial charge in [0.15, 0.2) is 9.84 Å². The largest absolute Gasteiger partial charge is 0.314 e. The highest BCUT2D eigenvalue weighted by molar-refractivity contribution is 7.91. The molecule has 1 aliphatic carbocycles. The van der Waals surface area contributed by atoms with Gasteiger partial charge in [-0.15, -0.1) is 0 Å². The molecule has 2 aliphatic rings. The van der Waals surface area contributed by atoms with Crippen LogP contribution in [0.15, 0.2) is 0 Å². The van der Waals surface area contributed by atoms with Crippen LogP contribution in [0.5, 0.6) is 0 Å². The first-order chi connectivity index (χ1) is 8.57. The van der Waals surface area contributed by atoms with E-state index < -0.39 is 9.84 Å². The molecule has 1 atom stereocenters. The standard InChI is InChI=1S/C13H26N2O2S/c1-12-11-18(16,17)10-9-15(12)8-4-7-14-13-5-2-3-6-13/h12-14H,2-11H2,1H3. The number of nitrogens with zero attached hydrogens (tertiary/aromatic N) is 1. The molecule has 0 radical (unpaired) electrons. The Balaban J connectivity index is 1.61. The second-order valence-corrected chi connectivity index (χ2v) is 8.02. The molecular formula is C13H26N2O2S. The maximum Gasteiger partial charge on any atom is 0.153 e. The topological polar surface area (TPSA) is 49.4 Å². The third-order valence-corrected chi connectivity index (χ3v) is 6.01. The van der Waals surface area contributed by atoms with Gasteiger partial charge in [-0.1, -0.05) is 12.8 Å². The molecule has 1 heterocycles. The molecule has 18 heavy (non-hydrogen) atoms. The van der Waals surface area contributed by atoms with E-state index in [0.717, 1.165) is 25.6 Å². The molecule has 0 amide bonds. The summed E-state index contributed by atoms with van der Waals surface area (Å²) in [7, 11) is -2.77. The van der Waals surface area contributed by atoms with E-state index in [1.54, 1.807) is 0 Å². The van der Waals surface area contributed by atoms with Crippen LogP contribution in [0.4, 0.5) is 0 Å². The Labute approximate surface area is 111 Å². The van der Waals surface area contributed by atoms with Crippen molar-refractivity contribution in [2.75, 3.05) is 31.1 Å². The lowest BCUT2D eigenvalue weighted by atomic mass is 10.2. The molecule has 0 aromatic rings. The number of hydrogen-bond donors (Lipinski definition) is 1. The SMILES string of the molecule is CC1CS(=O)(=O)CCN1CCCNC1CCCC1. The van der Waals surface area contributed by atoms with E-state index in [2.05, 4.69) is 10.2 Å². The van der Waals surface area contributed by atoms with Crippen LogP contribution in [0.2, 0.25) is 0 Å². The van der Waals surface area contributed by atoms with Crippen LogP contribution < -0.4 is 5.32 Å². The third-order valence-electron chi connectivity index (χ3n) is 4.22. The fourth-order valence-corrected chi connectivity index (χ4v) is 4.71. The Hall–Kier alpha value is -0.130. The summed E-state index contributed by atoms with van der Waals surface area (Å²) in [5.74, 6) is 0.677. The number of rotatable bonds is 5. The van der Waals surface area contributed by atoms with Gasteiger partial charge in [0, 0.05) is 18.6 Å². The van der Waals surface area contributed by atoms with Crippen LogP contribution in [0, 0.1) is 0 Å². The van der Waals surface area contributed by atoms with Gasteiger partial charge in [-0.2, -0.15) is 0 Å². The van der Waals surface area contributed by atoms with Gasteiger partial charge in [-0.25, -0.2) is 8.42 Å². The summed E-state index contributed by atoms with van der Waals surface area (Å²) in [4.78, 5) is 2.32. The molecule has 2 fully saturated rings. The monoisotopic (exact) mass is 274 g/mol. The number of hydrogen-bond acceptors (Lipinski definition) is 4. The van der Waals surface area contributed by atoms with E-state index in [9.17, 15) is 8.42 Å². The Kier molecular flexibility index (Phi) is 5.04. The van der Waals surface area contributed by atoms with Crippen molar-refractivity contribution in [2.45, 2.75) is 51.1 Å². The number of nitrogens with one attached hydrogen (secondary N) is 1. The molecule has 0 spiro atoms. The summed E-state index contributed by atoms with van der Waals surface area (Å²) >= 11 is 0. The predicted octanol–water partition coefficient (Wildman–Crippen LogP) is 1.03. The molecule has 1 unspecified atom stereocenters. The highest BCUT2D eigenvalue weighted by Gasteiger charge is 2.27. The molecule has 0 bridgehead atoms. The summed E-state index contributed by atoms with van der Waals surface area (Å²) in [5.41, 5.74) is 0. The van der Waals surface area contributed by atoms with Crippen molar-refractivity contribution in [3.63, 3.8) is 0 Å². The summed E-state index contributed by atoms with van der Waals surface area (Å²) < 4.78 is 22.9. The second kappa shape index (κ2) is 6.35. The van der Waals surface area contributed by atoms with Crippen LogP contribution >= 0.6 is 0 Å². The molecule has 5 heteroatoms. The molecule has 0 aromatic heterocycles. The van der Waals surface area contributed by atoms with E-state index in [1.807, 2.05) is 6.92 Å². The number of sulfone groups is 1. The van der Waals surface area contributed by atoms with Crippen LogP contribution in [-0.2, 0) is 9.84 Å². The fraction of sp³-hybridized carbons (Fsp3) is 1.00. The van der Waals surface area contributed by atoms with Gasteiger partial charge in [-0.05, 0) is 39.3 Å². The summed E-state index contributed by atoms with van der Waals surface area (Å²) in [6, 6.07) is 0.930. The Morgan fingerprint density at radius 2 is 2.00 bits per heavy atom. The quantitative estimate of drug-likeness (QED) is 0.761. The zero-order valence-corrected chi connectivity index (χ0v) is 12.2. The van der Waals surface area contributed by atoms with Crippen LogP contribution in [0.1, 0.15) is 39.0 Å². The highest BCUT2D eigenvalue weighted by Crippen LogP contribution is 2.17. The van der Waals surface area contributed by atoms with Crippen molar-refractivity contribution >= 4 is 9.84 Å². The first-order valence-corrected chi connectivity index (χ1v) is 9.07. The molecule has 4 nitrogen and oxygen atoms in total. The van der Waals surface area contributed by atoms with Crippen molar-refractivity contribution in [2.24, 2.45) is 0 Å². The fourth-order valence-electron chi connectivity index (χ4n) is 3.08. The second-order valence-electron chi connectivity index (χ2n) is 5.79. The minimum absolute atomic E-state index is 0.190. The van der Waals surface area contributed by atoms with Crippen molar-refractivity contribution < 1.29 is 8.42 Å². The Morgan fingerprint density at radius 1 is 1.28 bits per heavy atom. The van der Waals surface area contributed by atoms with E-state index >= 15 is 0 Å². The Bertz CT molecular complexity index is 350. The molecule has 1 saturated heterocycles. The zero-order chi connectivity index (χ0) is 13.0. The van der Waals surface area contributed by atoms with Crippen molar-refractivity contribution in [3.8, 4) is 0 Å². The van der Waals surface area contributed by atoms with Gasteiger partial charge < -0.3 is 5.32 Å². The van der Waals surface area contributed by atoms with E-state index in [1.165, 1.54) is 25.7 Å². The minimum Gasteiger partial charge on any atom is -0.314 e. The lowest BCUT2D eigenvalue weighted by molar-refractivity contribution is 0.222. The van der Waals surface area contributed by atoms with Crippen molar-refractivity contribution in [1.82, 2.24) is 10.2 Å². The van der Waals surface area contributed by atoms with Gasteiger partial charge in [0.1, 0.15) is 0 Å². The molecule has 1 aliphatic heterocycles. The lowest BCUT2D eigenvalue weighted by Crippen LogP contribution is -2.47. The van der Waals surface area contributed by atoms with Gasteiger partial charge in [0.25, 0.3) is 0 Å². The molecule has 1 saturated carbocycles. The molecule has 1 N–H and O–H groups in total. The van der Waals surface area contributed by atoms with Gasteiger partial charge in [-0.3, -0.25) is 4.90 Å². The molecule has 0 aromatic carbocycles. The van der Waals surface area contributed by atoms with E-state index in [4.69, 9.17) is 0 Å².